The zero-order valence-corrected chi connectivity index (χ0v) is 9.93. The fraction of sp³-hybridized carbons (Fsp3) is 0.700. The quantitative estimate of drug-likeness (QED) is 0.774. The highest BCUT2D eigenvalue weighted by Gasteiger charge is 2.21. The van der Waals surface area contributed by atoms with Gasteiger partial charge in [-0.1, -0.05) is 6.92 Å². The number of carbonyl (C=O) groups is 1. The minimum Gasteiger partial charge on any atom is -0.383 e. The summed E-state index contributed by atoms with van der Waals surface area (Å²) in [6, 6.07) is 0.166. The minimum atomic E-state index is -0.111. The highest BCUT2D eigenvalue weighted by atomic mass is 16.5. The molecule has 6 heteroatoms. The lowest BCUT2D eigenvalue weighted by molar-refractivity contribution is 0.0608. The maximum Gasteiger partial charge on any atom is 0.276 e. The first-order valence-corrected chi connectivity index (χ1v) is 5.36. The van der Waals surface area contributed by atoms with Gasteiger partial charge in [0.25, 0.3) is 5.91 Å². The van der Waals surface area contributed by atoms with Crippen LogP contribution >= 0.6 is 0 Å². The smallest absolute Gasteiger partial charge is 0.276 e. The third-order valence-corrected chi connectivity index (χ3v) is 2.55. The summed E-state index contributed by atoms with van der Waals surface area (Å²) in [4.78, 5) is 13.8. The van der Waals surface area contributed by atoms with E-state index in [2.05, 4.69) is 15.4 Å². The average Bonchev–Trinajstić information content (AvgIpc) is 2.82. The Morgan fingerprint density at radius 1 is 1.69 bits per heavy atom. The van der Waals surface area contributed by atoms with Crippen LogP contribution < -0.4 is 0 Å². The second-order valence-corrected chi connectivity index (χ2v) is 3.60. The molecule has 90 valence electrons. The summed E-state index contributed by atoms with van der Waals surface area (Å²) in [5.74, 6) is -0.111. The van der Waals surface area contributed by atoms with Gasteiger partial charge in [-0.25, -0.2) is 0 Å². The number of H-pyrrole nitrogens is 1. The van der Waals surface area contributed by atoms with E-state index < -0.39 is 0 Å². The molecule has 1 unspecified atom stereocenters. The first-order chi connectivity index (χ1) is 7.70. The van der Waals surface area contributed by atoms with Crippen LogP contribution in [0.1, 0.15) is 30.8 Å². The predicted octanol–water partition coefficient (Wildman–Crippen LogP) is 0.692. The molecule has 0 spiro atoms. The molecule has 1 heterocycles. The number of ether oxygens (including phenoxy) is 1. The first-order valence-electron chi connectivity index (χ1n) is 5.36. The number of nitrogens with zero attached hydrogens (tertiary/aromatic N) is 3. The molecule has 16 heavy (non-hydrogen) atoms. The molecule has 0 fully saturated rings. The molecule has 1 amide bonds. The Kier molecular flexibility index (Phi) is 4.91. The Hall–Kier alpha value is -1.43. The lowest BCUT2D eigenvalue weighted by Gasteiger charge is -2.27. The van der Waals surface area contributed by atoms with Gasteiger partial charge in [-0.05, 0) is 13.3 Å². The van der Waals surface area contributed by atoms with Crippen LogP contribution in [0, 0.1) is 0 Å². The van der Waals surface area contributed by atoms with Gasteiger partial charge in [0.1, 0.15) is 0 Å². The Morgan fingerprint density at radius 2 is 2.44 bits per heavy atom. The molecule has 1 atom stereocenters. The molecular weight excluding hydrogens is 208 g/mol. The van der Waals surface area contributed by atoms with E-state index in [1.54, 1.807) is 12.0 Å². The van der Waals surface area contributed by atoms with Crippen molar-refractivity contribution in [3.05, 3.63) is 11.9 Å². The van der Waals surface area contributed by atoms with Crippen LogP contribution in [0.15, 0.2) is 6.20 Å². The maximum atomic E-state index is 12.1. The number of methoxy groups -OCH3 is 1. The molecule has 1 aromatic heterocycles. The number of aromatic nitrogens is 3. The van der Waals surface area contributed by atoms with Crippen molar-refractivity contribution >= 4 is 5.91 Å². The zero-order valence-electron chi connectivity index (χ0n) is 9.93. The molecule has 6 nitrogen and oxygen atoms in total. The molecule has 0 bridgehead atoms. The van der Waals surface area contributed by atoms with Gasteiger partial charge in [-0.3, -0.25) is 4.79 Å². The van der Waals surface area contributed by atoms with Crippen LogP contribution in [0.5, 0.6) is 0 Å². The van der Waals surface area contributed by atoms with Crippen molar-refractivity contribution in [2.24, 2.45) is 0 Å². The summed E-state index contributed by atoms with van der Waals surface area (Å²) in [6.45, 7) is 5.14. The second kappa shape index (κ2) is 6.22. The van der Waals surface area contributed by atoms with Gasteiger partial charge in [0.05, 0.1) is 12.8 Å². The average molecular weight is 226 g/mol. The molecule has 0 aliphatic rings. The lowest BCUT2D eigenvalue weighted by Crippen LogP contribution is -2.40. The SMILES string of the molecule is CCC(C)N(CCOC)C(=O)c1cn[nH]n1. The molecular formula is C10H18N4O2. The van der Waals surface area contributed by atoms with Gasteiger partial charge in [-0.2, -0.15) is 15.4 Å². The van der Waals surface area contributed by atoms with E-state index >= 15 is 0 Å². The van der Waals surface area contributed by atoms with Crippen LogP contribution in [0.4, 0.5) is 0 Å². The van der Waals surface area contributed by atoms with E-state index in [4.69, 9.17) is 4.74 Å². The summed E-state index contributed by atoms with van der Waals surface area (Å²) in [7, 11) is 1.62. The Balaban J connectivity index is 2.71. The largest absolute Gasteiger partial charge is 0.383 e. The molecule has 0 aliphatic carbocycles. The molecule has 0 radical (unpaired) electrons. The van der Waals surface area contributed by atoms with E-state index in [0.29, 0.717) is 18.8 Å². The predicted molar refractivity (Wildman–Crippen MR) is 59.0 cm³/mol. The van der Waals surface area contributed by atoms with Crippen LogP contribution in [-0.2, 0) is 4.74 Å². The van der Waals surface area contributed by atoms with Crippen molar-refractivity contribution < 1.29 is 9.53 Å². The second-order valence-electron chi connectivity index (χ2n) is 3.60. The van der Waals surface area contributed by atoms with Gasteiger partial charge < -0.3 is 9.64 Å². The summed E-state index contributed by atoms with van der Waals surface area (Å²) in [5.41, 5.74) is 0.344. The topological polar surface area (TPSA) is 71.1 Å². The number of amides is 1. The molecule has 1 N–H and O–H groups in total. The number of aromatic amines is 1. The standard InChI is InChI=1S/C10H18N4O2/c1-4-8(2)14(5-6-16-3)10(15)9-7-11-13-12-9/h7-8H,4-6H2,1-3H3,(H,11,12,13). The first kappa shape index (κ1) is 12.6. The Morgan fingerprint density at radius 3 is 2.94 bits per heavy atom. The van der Waals surface area contributed by atoms with Crippen LogP contribution in [0.3, 0.4) is 0 Å². The van der Waals surface area contributed by atoms with Crippen molar-refractivity contribution in [1.29, 1.82) is 0 Å². The number of rotatable bonds is 6. The van der Waals surface area contributed by atoms with Gasteiger partial charge in [0.2, 0.25) is 0 Å². The van der Waals surface area contributed by atoms with Crippen molar-refractivity contribution in [2.45, 2.75) is 26.3 Å². The normalized spacial score (nSPS) is 12.4. The molecule has 0 saturated heterocycles. The summed E-state index contributed by atoms with van der Waals surface area (Å²) in [5, 5.41) is 9.87. The van der Waals surface area contributed by atoms with Crippen LogP contribution in [0.25, 0.3) is 0 Å². The highest BCUT2D eigenvalue weighted by Crippen LogP contribution is 2.07. The van der Waals surface area contributed by atoms with Gasteiger partial charge in [-0.15, -0.1) is 0 Å². The summed E-state index contributed by atoms with van der Waals surface area (Å²) < 4.78 is 5.00. The van der Waals surface area contributed by atoms with Crippen molar-refractivity contribution in [3.63, 3.8) is 0 Å². The van der Waals surface area contributed by atoms with Gasteiger partial charge in [0, 0.05) is 19.7 Å². The Labute approximate surface area is 95.0 Å². The maximum absolute atomic E-state index is 12.1. The summed E-state index contributed by atoms with van der Waals surface area (Å²) >= 11 is 0. The monoisotopic (exact) mass is 226 g/mol. The number of hydrogen-bond acceptors (Lipinski definition) is 4. The zero-order chi connectivity index (χ0) is 12.0. The van der Waals surface area contributed by atoms with Crippen LogP contribution in [-0.4, -0.2) is 52.5 Å². The van der Waals surface area contributed by atoms with E-state index in [1.165, 1.54) is 6.20 Å². The fourth-order valence-corrected chi connectivity index (χ4v) is 1.38. The fourth-order valence-electron chi connectivity index (χ4n) is 1.38. The van der Waals surface area contributed by atoms with Crippen LogP contribution in [0.2, 0.25) is 0 Å². The summed E-state index contributed by atoms with van der Waals surface area (Å²) in [6.07, 6.45) is 2.33. The molecule has 1 rings (SSSR count). The molecule has 1 aromatic rings. The number of carbonyl (C=O) groups excluding carboxylic acids is 1. The van der Waals surface area contributed by atoms with Gasteiger partial charge >= 0.3 is 0 Å². The molecule has 0 aromatic carbocycles. The highest BCUT2D eigenvalue weighted by molar-refractivity contribution is 5.92. The number of hydrogen-bond donors (Lipinski definition) is 1. The Bertz CT molecular complexity index is 313. The van der Waals surface area contributed by atoms with Gasteiger partial charge in [0.15, 0.2) is 5.69 Å². The van der Waals surface area contributed by atoms with E-state index in [0.717, 1.165) is 6.42 Å². The third-order valence-electron chi connectivity index (χ3n) is 2.55. The van der Waals surface area contributed by atoms with E-state index in [1.807, 2.05) is 13.8 Å². The molecule has 0 saturated carbocycles. The van der Waals surface area contributed by atoms with E-state index in [9.17, 15) is 4.79 Å². The lowest BCUT2D eigenvalue weighted by atomic mass is 10.2. The molecule has 0 aliphatic heterocycles. The van der Waals surface area contributed by atoms with E-state index in [-0.39, 0.29) is 11.9 Å². The minimum absolute atomic E-state index is 0.111. The van der Waals surface area contributed by atoms with Crippen molar-refractivity contribution in [2.75, 3.05) is 20.3 Å². The van der Waals surface area contributed by atoms with Crippen molar-refractivity contribution in [1.82, 2.24) is 20.3 Å². The van der Waals surface area contributed by atoms with Crippen molar-refractivity contribution in [3.8, 4) is 0 Å². The third kappa shape index (κ3) is 3.03. The number of nitrogens with one attached hydrogen (secondary N) is 1.